The van der Waals surface area contributed by atoms with Gasteiger partial charge in [-0.2, -0.15) is 0 Å². The number of benzene rings is 2. The van der Waals surface area contributed by atoms with Crippen molar-refractivity contribution < 1.29 is 9.84 Å². The number of nitrogens with zero attached hydrogens (tertiary/aromatic N) is 2. The first-order valence-electron chi connectivity index (χ1n) is 7.06. The Hall–Kier alpha value is -2.33. The number of hydrogen-bond donors (Lipinski definition) is 1. The van der Waals surface area contributed by atoms with Gasteiger partial charge >= 0.3 is 0 Å². The summed E-state index contributed by atoms with van der Waals surface area (Å²) >= 11 is 0. The van der Waals surface area contributed by atoms with Gasteiger partial charge in [0.2, 0.25) is 0 Å². The molecular weight excluding hydrogens is 264 g/mol. The molecule has 0 unspecified atom stereocenters. The average Bonchev–Trinajstić information content (AvgIpc) is 2.99. The van der Waals surface area contributed by atoms with E-state index in [9.17, 15) is 5.11 Å². The predicted octanol–water partition coefficient (Wildman–Crippen LogP) is 3.13. The molecule has 2 aromatic carbocycles. The normalized spacial score (nSPS) is 11.0. The molecule has 0 fully saturated rings. The van der Waals surface area contributed by atoms with Crippen molar-refractivity contribution in [2.75, 3.05) is 0 Å². The van der Waals surface area contributed by atoms with Crippen molar-refractivity contribution in [1.29, 1.82) is 0 Å². The first-order valence-corrected chi connectivity index (χ1v) is 7.06. The molecule has 0 amide bonds. The average molecular weight is 282 g/mol. The lowest BCUT2D eigenvalue weighted by Gasteiger charge is -2.13. The van der Waals surface area contributed by atoms with Gasteiger partial charge < -0.3 is 14.4 Å². The van der Waals surface area contributed by atoms with Crippen molar-refractivity contribution in [2.24, 2.45) is 0 Å². The molecule has 3 rings (SSSR count). The van der Waals surface area contributed by atoms with Crippen molar-refractivity contribution in [3.8, 4) is 5.75 Å². The van der Waals surface area contributed by atoms with Gasteiger partial charge in [0.05, 0.1) is 24.8 Å². The van der Waals surface area contributed by atoms with E-state index in [0.29, 0.717) is 6.61 Å². The van der Waals surface area contributed by atoms with E-state index < -0.39 is 0 Å². The fourth-order valence-electron chi connectivity index (χ4n) is 2.52. The summed E-state index contributed by atoms with van der Waals surface area (Å²) in [6.07, 6.45) is 3.61. The summed E-state index contributed by atoms with van der Waals surface area (Å²) in [4.78, 5) is 4.13. The molecule has 3 aromatic rings. The van der Waals surface area contributed by atoms with Gasteiger partial charge in [0, 0.05) is 12.1 Å². The number of imidazole rings is 1. The highest BCUT2D eigenvalue weighted by Crippen LogP contribution is 2.28. The summed E-state index contributed by atoms with van der Waals surface area (Å²) in [5, 5.41) is 11.8. The number of aliphatic hydroxyl groups excluding tert-OH is 1. The fraction of sp³-hybridized carbons (Fsp3) is 0.235. The molecule has 1 N–H and O–H groups in total. The highest BCUT2D eigenvalue weighted by Gasteiger charge is 2.09. The summed E-state index contributed by atoms with van der Waals surface area (Å²) in [6.45, 7) is 3.34. The number of rotatable bonds is 5. The van der Waals surface area contributed by atoms with Crippen molar-refractivity contribution in [1.82, 2.24) is 9.55 Å². The topological polar surface area (TPSA) is 47.3 Å². The maximum absolute atomic E-state index is 9.68. The summed E-state index contributed by atoms with van der Waals surface area (Å²) in [5.41, 5.74) is 1.85. The van der Waals surface area contributed by atoms with Crippen LogP contribution in [0.3, 0.4) is 0 Å². The molecule has 1 heterocycles. The molecule has 0 aliphatic heterocycles. The minimum Gasteiger partial charge on any atom is -0.487 e. The highest BCUT2D eigenvalue weighted by atomic mass is 16.5. The van der Waals surface area contributed by atoms with Crippen LogP contribution >= 0.6 is 0 Å². The molecule has 0 atom stereocenters. The van der Waals surface area contributed by atoms with Crippen molar-refractivity contribution in [3.05, 3.63) is 60.2 Å². The molecular formula is C17H18N2O2. The smallest absolute Gasteiger partial charge is 0.130 e. The number of aryl methyl sites for hydroxylation is 1. The monoisotopic (exact) mass is 282 g/mol. The first-order chi connectivity index (χ1) is 10.3. The maximum Gasteiger partial charge on any atom is 0.130 e. The second-order valence-corrected chi connectivity index (χ2v) is 4.88. The number of aromatic nitrogens is 2. The van der Waals surface area contributed by atoms with Gasteiger partial charge in [0.15, 0.2) is 0 Å². The third-order valence-corrected chi connectivity index (χ3v) is 3.67. The number of fused-ring (bicyclic) bond motifs is 1. The van der Waals surface area contributed by atoms with Gasteiger partial charge in [-0.3, -0.25) is 0 Å². The van der Waals surface area contributed by atoms with Gasteiger partial charge in [-0.1, -0.05) is 30.3 Å². The molecule has 108 valence electrons. The Kier molecular flexibility index (Phi) is 3.88. The second-order valence-electron chi connectivity index (χ2n) is 4.88. The van der Waals surface area contributed by atoms with Crippen LogP contribution < -0.4 is 4.74 Å². The Morgan fingerprint density at radius 1 is 1.19 bits per heavy atom. The summed E-state index contributed by atoms with van der Waals surface area (Å²) in [6, 6.07) is 11.9. The van der Waals surface area contributed by atoms with Gasteiger partial charge in [0.25, 0.3) is 0 Å². The first kappa shape index (κ1) is 13.6. The van der Waals surface area contributed by atoms with Crippen LogP contribution in [0.15, 0.2) is 48.9 Å². The molecule has 0 spiro atoms. The van der Waals surface area contributed by atoms with Crippen LogP contribution in [0.4, 0.5) is 0 Å². The van der Waals surface area contributed by atoms with Crippen molar-refractivity contribution in [3.63, 3.8) is 0 Å². The van der Waals surface area contributed by atoms with E-state index >= 15 is 0 Å². The Bertz CT molecular complexity index is 749. The molecule has 0 aliphatic rings. The summed E-state index contributed by atoms with van der Waals surface area (Å²) in [7, 11) is 0. The SMILES string of the molecule is CCn1cncc1COc1ccc2ccccc2c1CO. The number of aliphatic hydroxyl groups is 1. The van der Waals surface area contributed by atoms with E-state index in [1.54, 1.807) is 6.33 Å². The van der Waals surface area contributed by atoms with Crippen molar-refractivity contribution >= 4 is 10.8 Å². The summed E-state index contributed by atoms with van der Waals surface area (Å²) in [5.74, 6) is 0.722. The quantitative estimate of drug-likeness (QED) is 0.782. The highest BCUT2D eigenvalue weighted by molar-refractivity contribution is 5.87. The largest absolute Gasteiger partial charge is 0.487 e. The van der Waals surface area contributed by atoms with Crippen LogP contribution in [-0.2, 0) is 19.8 Å². The lowest BCUT2D eigenvalue weighted by Crippen LogP contribution is -2.05. The Morgan fingerprint density at radius 2 is 2.05 bits per heavy atom. The Balaban J connectivity index is 1.90. The Labute approximate surface area is 123 Å². The lowest BCUT2D eigenvalue weighted by molar-refractivity contribution is 0.257. The van der Waals surface area contributed by atoms with E-state index in [2.05, 4.69) is 11.9 Å². The van der Waals surface area contributed by atoms with E-state index in [0.717, 1.165) is 34.3 Å². The molecule has 4 nitrogen and oxygen atoms in total. The molecule has 0 radical (unpaired) electrons. The molecule has 0 aliphatic carbocycles. The van der Waals surface area contributed by atoms with Crippen LogP contribution in [0.25, 0.3) is 10.8 Å². The molecule has 0 saturated heterocycles. The van der Waals surface area contributed by atoms with Gasteiger partial charge in [0.1, 0.15) is 12.4 Å². The third kappa shape index (κ3) is 2.62. The predicted molar refractivity (Wildman–Crippen MR) is 82.1 cm³/mol. The van der Waals surface area contributed by atoms with E-state index in [-0.39, 0.29) is 6.61 Å². The van der Waals surface area contributed by atoms with Crippen LogP contribution in [0.5, 0.6) is 5.75 Å². The van der Waals surface area contributed by atoms with Gasteiger partial charge in [-0.05, 0) is 23.8 Å². The van der Waals surface area contributed by atoms with Gasteiger partial charge in [-0.25, -0.2) is 4.98 Å². The van der Waals surface area contributed by atoms with Gasteiger partial charge in [-0.15, -0.1) is 0 Å². The zero-order valence-corrected chi connectivity index (χ0v) is 12.0. The zero-order valence-electron chi connectivity index (χ0n) is 12.0. The standard InChI is InChI=1S/C17H18N2O2/c1-2-19-12-18-9-14(19)11-21-17-8-7-13-5-3-4-6-15(13)16(17)10-20/h3-9,12,20H,2,10-11H2,1H3. The van der Waals surface area contributed by atoms with Crippen LogP contribution in [0.2, 0.25) is 0 Å². The van der Waals surface area contributed by atoms with Crippen LogP contribution in [0, 0.1) is 0 Å². The Morgan fingerprint density at radius 3 is 2.86 bits per heavy atom. The lowest BCUT2D eigenvalue weighted by atomic mass is 10.0. The minimum atomic E-state index is -0.0380. The van der Waals surface area contributed by atoms with E-state index in [1.807, 2.05) is 47.2 Å². The third-order valence-electron chi connectivity index (χ3n) is 3.67. The fourth-order valence-corrected chi connectivity index (χ4v) is 2.52. The molecule has 0 saturated carbocycles. The number of hydrogen-bond acceptors (Lipinski definition) is 3. The molecule has 1 aromatic heterocycles. The minimum absolute atomic E-state index is 0.0380. The molecule has 21 heavy (non-hydrogen) atoms. The number of ether oxygens (including phenoxy) is 1. The summed E-state index contributed by atoms with van der Waals surface area (Å²) < 4.78 is 7.94. The second kappa shape index (κ2) is 5.97. The molecule has 4 heteroatoms. The van der Waals surface area contributed by atoms with Crippen LogP contribution in [0.1, 0.15) is 18.2 Å². The van der Waals surface area contributed by atoms with Crippen LogP contribution in [-0.4, -0.2) is 14.7 Å². The molecule has 0 bridgehead atoms. The van der Waals surface area contributed by atoms with E-state index in [4.69, 9.17) is 4.74 Å². The van der Waals surface area contributed by atoms with E-state index in [1.165, 1.54) is 0 Å². The maximum atomic E-state index is 9.68. The zero-order chi connectivity index (χ0) is 14.7. The van der Waals surface area contributed by atoms with Crippen molar-refractivity contribution in [2.45, 2.75) is 26.7 Å².